The van der Waals surface area contributed by atoms with Crippen molar-refractivity contribution in [2.24, 2.45) is 0 Å². The van der Waals surface area contributed by atoms with Crippen molar-refractivity contribution in [1.82, 2.24) is 10.6 Å². The standard InChI is InChI=1S/C26H31N3O6/c1-6-18-23(25(31)34-7-2)24(29-26(32)28-18)17-9-11-20(21(13-17)33-5)35-14-22(30)27-19-10-8-15(3)12-16(19)4/h8-13,24H,6-7,14H2,1-5H3,(H,27,30)(H2,28,29,32). The monoisotopic (exact) mass is 481 g/mol. The van der Waals surface area contributed by atoms with Crippen molar-refractivity contribution in [3.8, 4) is 11.5 Å². The van der Waals surface area contributed by atoms with Gasteiger partial charge in [0.15, 0.2) is 18.1 Å². The third-order valence-corrected chi connectivity index (χ3v) is 5.54. The minimum atomic E-state index is -0.728. The molecule has 1 aliphatic rings. The van der Waals surface area contributed by atoms with Gasteiger partial charge in [0, 0.05) is 11.4 Å². The first kappa shape index (κ1) is 25.6. The third kappa shape index (κ3) is 6.11. The molecular weight excluding hydrogens is 450 g/mol. The topological polar surface area (TPSA) is 115 Å². The Labute approximate surface area is 204 Å². The maximum atomic E-state index is 12.7. The zero-order valence-corrected chi connectivity index (χ0v) is 20.6. The molecule has 0 saturated carbocycles. The Morgan fingerprint density at radius 3 is 2.49 bits per heavy atom. The lowest BCUT2D eigenvalue weighted by Gasteiger charge is -2.29. The fourth-order valence-corrected chi connectivity index (χ4v) is 3.86. The van der Waals surface area contributed by atoms with Crippen molar-refractivity contribution in [3.63, 3.8) is 0 Å². The molecule has 1 unspecified atom stereocenters. The van der Waals surface area contributed by atoms with Crippen LogP contribution in [0.2, 0.25) is 0 Å². The molecule has 0 fully saturated rings. The number of aryl methyl sites for hydroxylation is 2. The summed E-state index contributed by atoms with van der Waals surface area (Å²) >= 11 is 0. The van der Waals surface area contributed by atoms with Crippen LogP contribution in [0, 0.1) is 13.8 Å². The van der Waals surface area contributed by atoms with Crippen molar-refractivity contribution < 1.29 is 28.6 Å². The Balaban J connectivity index is 1.79. The molecular formula is C26H31N3O6. The van der Waals surface area contributed by atoms with Crippen LogP contribution >= 0.6 is 0 Å². The van der Waals surface area contributed by atoms with E-state index in [9.17, 15) is 14.4 Å². The second-order valence-corrected chi connectivity index (χ2v) is 8.06. The van der Waals surface area contributed by atoms with Crippen LogP contribution in [0.5, 0.6) is 11.5 Å². The lowest BCUT2D eigenvalue weighted by atomic mass is 9.94. The highest BCUT2D eigenvalue weighted by atomic mass is 16.5. The first-order chi connectivity index (χ1) is 16.8. The SMILES string of the molecule is CCOC(=O)C1=C(CC)NC(=O)NC1c1ccc(OCC(=O)Nc2ccc(C)cc2C)c(OC)c1. The molecule has 3 rings (SSSR count). The Morgan fingerprint density at radius 1 is 1.06 bits per heavy atom. The maximum Gasteiger partial charge on any atom is 0.338 e. The first-order valence-corrected chi connectivity index (χ1v) is 11.4. The molecule has 9 nitrogen and oxygen atoms in total. The number of benzene rings is 2. The number of urea groups is 1. The van der Waals surface area contributed by atoms with Crippen molar-refractivity contribution in [2.45, 2.75) is 40.2 Å². The molecule has 1 atom stereocenters. The fraction of sp³-hybridized carbons (Fsp3) is 0.346. The van der Waals surface area contributed by atoms with Gasteiger partial charge in [-0.1, -0.05) is 30.7 Å². The Bertz CT molecular complexity index is 1160. The molecule has 0 aromatic heterocycles. The summed E-state index contributed by atoms with van der Waals surface area (Å²) in [5, 5.41) is 8.30. The summed E-state index contributed by atoms with van der Waals surface area (Å²) < 4.78 is 16.4. The van der Waals surface area contributed by atoms with Crippen molar-refractivity contribution in [1.29, 1.82) is 0 Å². The molecule has 186 valence electrons. The predicted molar refractivity (Wildman–Crippen MR) is 131 cm³/mol. The van der Waals surface area contributed by atoms with Gasteiger partial charge in [0.1, 0.15) is 0 Å². The van der Waals surface area contributed by atoms with Gasteiger partial charge in [0.2, 0.25) is 0 Å². The van der Waals surface area contributed by atoms with Crippen LogP contribution in [0.25, 0.3) is 0 Å². The second kappa shape index (κ2) is 11.4. The number of ether oxygens (including phenoxy) is 3. The highest BCUT2D eigenvalue weighted by Crippen LogP contribution is 2.35. The number of carbonyl (C=O) groups excluding carboxylic acids is 3. The summed E-state index contributed by atoms with van der Waals surface area (Å²) in [6, 6.07) is 9.64. The second-order valence-electron chi connectivity index (χ2n) is 8.06. The molecule has 0 spiro atoms. The van der Waals surface area contributed by atoms with E-state index in [4.69, 9.17) is 14.2 Å². The van der Waals surface area contributed by atoms with E-state index in [0.717, 1.165) is 16.8 Å². The quantitative estimate of drug-likeness (QED) is 0.468. The predicted octanol–water partition coefficient (Wildman–Crippen LogP) is 3.91. The number of anilines is 1. The average molecular weight is 482 g/mol. The molecule has 2 aromatic rings. The van der Waals surface area contributed by atoms with Gasteiger partial charge >= 0.3 is 12.0 Å². The summed E-state index contributed by atoms with van der Waals surface area (Å²) in [6.07, 6.45) is 0.450. The van der Waals surface area contributed by atoms with Crippen LogP contribution in [0.15, 0.2) is 47.7 Å². The van der Waals surface area contributed by atoms with Gasteiger partial charge in [0.05, 0.1) is 25.3 Å². The van der Waals surface area contributed by atoms with Crippen LogP contribution in [-0.4, -0.2) is 38.2 Å². The minimum absolute atomic E-state index is 0.209. The molecule has 2 aromatic carbocycles. The van der Waals surface area contributed by atoms with E-state index >= 15 is 0 Å². The number of rotatable bonds is 9. The van der Waals surface area contributed by atoms with Crippen LogP contribution in [-0.2, 0) is 14.3 Å². The molecule has 1 heterocycles. The zero-order valence-electron chi connectivity index (χ0n) is 20.6. The van der Waals surface area contributed by atoms with E-state index < -0.39 is 18.0 Å². The van der Waals surface area contributed by atoms with E-state index in [-0.39, 0.29) is 19.1 Å². The Morgan fingerprint density at radius 2 is 1.83 bits per heavy atom. The number of amides is 3. The van der Waals surface area contributed by atoms with Gasteiger partial charge in [-0.15, -0.1) is 0 Å². The summed E-state index contributed by atoms with van der Waals surface area (Å²) in [5.74, 6) is -0.112. The Kier molecular flexibility index (Phi) is 8.35. The van der Waals surface area contributed by atoms with E-state index in [1.165, 1.54) is 7.11 Å². The molecule has 9 heteroatoms. The molecule has 0 aliphatic carbocycles. The lowest BCUT2D eigenvalue weighted by Crippen LogP contribution is -2.45. The Hall–Kier alpha value is -4.01. The van der Waals surface area contributed by atoms with Gasteiger partial charge in [-0.25, -0.2) is 9.59 Å². The molecule has 3 N–H and O–H groups in total. The number of esters is 1. The number of hydrogen-bond donors (Lipinski definition) is 3. The molecule has 0 radical (unpaired) electrons. The lowest BCUT2D eigenvalue weighted by molar-refractivity contribution is -0.139. The highest BCUT2D eigenvalue weighted by molar-refractivity contribution is 5.95. The molecule has 3 amide bonds. The van der Waals surface area contributed by atoms with Crippen LogP contribution in [0.1, 0.15) is 43.0 Å². The summed E-state index contributed by atoms with van der Waals surface area (Å²) in [6.45, 7) is 7.47. The van der Waals surface area contributed by atoms with Gasteiger partial charge in [0.25, 0.3) is 5.91 Å². The van der Waals surface area contributed by atoms with E-state index in [1.807, 2.05) is 39.0 Å². The van der Waals surface area contributed by atoms with Gasteiger partial charge in [-0.05, 0) is 56.5 Å². The van der Waals surface area contributed by atoms with Crippen LogP contribution in [0.3, 0.4) is 0 Å². The molecule has 0 saturated heterocycles. The third-order valence-electron chi connectivity index (χ3n) is 5.54. The largest absolute Gasteiger partial charge is 0.493 e. The maximum absolute atomic E-state index is 12.7. The average Bonchev–Trinajstić information content (AvgIpc) is 2.83. The van der Waals surface area contributed by atoms with E-state index in [2.05, 4.69) is 16.0 Å². The minimum Gasteiger partial charge on any atom is -0.493 e. The summed E-state index contributed by atoms with van der Waals surface area (Å²) in [5.41, 5.74) is 4.23. The normalized spacial score (nSPS) is 15.1. The summed E-state index contributed by atoms with van der Waals surface area (Å²) in [7, 11) is 1.47. The first-order valence-electron chi connectivity index (χ1n) is 11.4. The summed E-state index contributed by atoms with van der Waals surface area (Å²) in [4.78, 5) is 37.3. The number of methoxy groups -OCH3 is 1. The number of carbonyl (C=O) groups is 3. The van der Waals surface area contributed by atoms with Crippen LogP contribution < -0.4 is 25.4 Å². The smallest absolute Gasteiger partial charge is 0.338 e. The van der Waals surface area contributed by atoms with Crippen molar-refractivity contribution >= 4 is 23.6 Å². The van der Waals surface area contributed by atoms with Gasteiger partial charge < -0.3 is 30.2 Å². The van der Waals surface area contributed by atoms with E-state index in [1.54, 1.807) is 25.1 Å². The zero-order chi connectivity index (χ0) is 25.5. The van der Waals surface area contributed by atoms with Gasteiger partial charge in [-0.3, -0.25) is 4.79 Å². The fourth-order valence-electron chi connectivity index (χ4n) is 3.86. The highest BCUT2D eigenvalue weighted by Gasteiger charge is 2.33. The number of hydrogen-bond acceptors (Lipinski definition) is 6. The number of nitrogens with one attached hydrogen (secondary N) is 3. The molecule has 35 heavy (non-hydrogen) atoms. The van der Waals surface area contributed by atoms with Crippen molar-refractivity contribution in [2.75, 3.05) is 25.6 Å². The molecule has 0 bridgehead atoms. The molecule has 1 aliphatic heterocycles. The van der Waals surface area contributed by atoms with Crippen LogP contribution in [0.4, 0.5) is 10.5 Å². The van der Waals surface area contributed by atoms with E-state index in [0.29, 0.717) is 34.8 Å². The van der Waals surface area contributed by atoms with Crippen molar-refractivity contribution in [3.05, 3.63) is 64.4 Å². The van der Waals surface area contributed by atoms with Gasteiger partial charge in [-0.2, -0.15) is 0 Å². The number of allylic oxidation sites excluding steroid dienone is 1.